The van der Waals surface area contributed by atoms with Crippen LogP contribution < -0.4 is 5.46 Å². The van der Waals surface area contributed by atoms with Crippen LogP contribution in [0.15, 0.2) is 18.2 Å². The number of rotatable bonds is 2. The molecule has 0 spiro atoms. The lowest BCUT2D eigenvalue weighted by atomic mass is 9.78. The molecule has 0 saturated carbocycles. The van der Waals surface area contributed by atoms with E-state index < -0.39 is 24.2 Å². The van der Waals surface area contributed by atoms with E-state index in [-0.39, 0.29) is 10.6 Å². The highest BCUT2D eigenvalue weighted by molar-refractivity contribution is 6.62. The highest BCUT2D eigenvalue weighted by Crippen LogP contribution is 2.37. The van der Waals surface area contributed by atoms with Gasteiger partial charge in [0.15, 0.2) is 0 Å². The third-order valence-electron chi connectivity index (χ3n) is 3.99. The van der Waals surface area contributed by atoms with Crippen molar-refractivity contribution in [1.82, 2.24) is 0 Å². The summed E-state index contributed by atoms with van der Waals surface area (Å²) in [4.78, 5) is 0. The van der Waals surface area contributed by atoms with Crippen molar-refractivity contribution in [3.05, 3.63) is 28.8 Å². The molecule has 1 aliphatic rings. The fraction of sp³-hybridized carbons (Fsp3) is 0.571. The quantitative estimate of drug-likeness (QED) is 0.775. The first-order valence-corrected chi connectivity index (χ1v) is 6.85. The van der Waals surface area contributed by atoms with E-state index in [9.17, 15) is 8.78 Å². The van der Waals surface area contributed by atoms with Crippen LogP contribution >= 0.6 is 11.6 Å². The van der Waals surface area contributed by atoms with Crippen LogP contribution in [0.2, 0.25) is 5.02 Å². The van der Waals surface area contributed by atoms with Crippen molar-refractivity contribution in [3.63, 3.8) is 0 Å². The summed E-state index contributed by atoms with van der Waals surface area (Å²) in [6, 6.07) is 4.37. The molecule has 1 fully saturated rings. The van der Waals surface area contributed by atoms with Crippen molar-refractivity contribution < 1.29 is 18.1 Å². The number of hydrogen-bond acceptors (Lipinski definition) is 2. The van der Waals surface area contributed by atoms with Crippen molar-refractivity contribution in [1.29, 1.82) is 0 Å². The predicted octanol–water partition coefficient (Wildman–Crippen LogP) is 3.75. The van der Waals surface area contributed by atoms with Crippen LogP contribution in [0, 0.1) is 0 Å². The molecular formula is C14H18BClF2O2. The second-order valence-electron chi connectivity index (χ2n) is 6.22. The highest BCUT2D eigenvalue weighted by Gasteiger charge is 2.51. The van der Waals surface area contributed by atoms with Gasteiger partial charge >= 0.3 is 7.12 Å². The van der Waals surface area contributed by atoms with Crippen LogP contribution in [0.4, 0.5) is 8.78 Å². The van der Waals surface area contributed by atoms with E-state index in [4.69, 9.17) is 20.9 Å². The molecule has 0 unspecified atom stereocenters. The Morgan fingerprint density at radius 2 is 1.60 bits per heavy atom. The minimum atomic E-state index is -2.97. The lowest BCUT2D eigenvalue weighted by Crippen LogP contribution is -2.41. The van der Waals surface area contributed by atoms with Crippen LogP contribution in [-0.2, 0) is 15.2 Å². The molecule has 0 N–H and O–H groups in total. The molecule has 1 heterocycles. The van der Waals surface area contributed by atoms with Gasteiger partial charge in [-0.1, -0.05) is 23.7 Å². The van der Waals surface area contributed by atoms with E-state index in [1.165, 1.54) is 12.1 Å². The van der Waals surface area contributed by atoms with E-state index in [2.05, 4.69) is 0 Å². The molecule has 0 aromatic heterocycles. The number of halogens is 3. The molecule has 6 heteroatoms. The van der Waals surface area contributed by atoms with Gasteiger partial charge < -0.3 is 9.31 Å². The first kappa shape index (κ1) is 15.7. The Kier molecular flexibility index (Phi) is 3.69. The summed E-state index contributed by atoms with van der Waals surface area (Å²) in [5, 5.41) is 0.0183. The maximum absolute atomic E-state index is 13.3. The first-order chi connectivity index (χ1) is 8.94. The second kappa shape index (κ2) is 4.68. The molecule has 110 valence electrons. The van der Waals surface area contributed by atoms with Crippen molar-refractivity contribution >= 4 is 24.2 Å². The van der Waals surface area contributed by atoms with E-state index in [1.54, 1.807) is 6.07 Å². The van der Waals surface area contributed by atoms with Gasteiger partial charge in [0.2, 0.25) is 0 Å². The molecule has 0 bridgehead atoms. The van der Waals surface area contributed by atoms with Gasteiger partial charge in [0.25, 0.3) is 5.92 Å². The van der Waals surface area contributed by atoms with Crippen molar-refractivity contribution in [2.24, 2.45) is 0 Å². The van der Waals surface area contributed by atoms with Crippen LogP contribution in [0.25, 0.3) is 0 Å². The van der Waals surface area contributed by atoms with Crippen molar-refractivity contribution in [2.75, 3.05) is 0 Å². The monoisotopic (exact) mass is 302 g/mol. The van der Waals surface area contributed by atoms with Crippen molar-refractivity contribution in [3.8, 4) is 0 Å². The molecule has 2 rings (SSSR count). The zero-order valence-corrected chi connectivity index (χ0v) is 13.0. The smallest absolute Gasteiger partial charge is 0.399 e. The second-order valence-corrected chi connectivity index (χ2v) is 6.62. The molecule has 0 aliphatic carbocycles. The molecule has 20 heavy (non-hydrogen) atoms. The summed E-state index contributed by atoms with van der Waals surface area (Å²) in [5.74, 6) is -2.97. The largest absolute Gasteiger partial charge is 0.494 e. The van der Waals surface area contributed by atoms with Crippen LogP contribution in [0.3, 0.4) is 0 Å². The number of benzene rings is 1. The van der Waals surface area contributed by atoms with Gasteiger partial charge in [-0.15, -0.1) is 0 Å². The fourth-order valence-electron chi connectivity index (χ4n) is 2.01. The Bertz CT molecular complexity index is 510. The van der Waals surface area contributed by atoms with Crippen LogP contribution in [-0.4, -0.2) is 18.3 Å². The van der Waals surface area contributed by atoms with Gasteiger partial charge in [0, 0.05) is 17.5 Å². The normalized spacial score (nSPS) is 21.3. The Balaban J connectivity index is 2.31. The Labute approximate surface area is 123 Å². The summed E-state index contributed by atoms with van der Waals surface area (Å²) in [6.07, 6.45) is 0. The van der Waals surface area contributed by atoms with Gasteiger partial charge in [0.1, 0.15) is 0 Å². The maximum atomic E-state index is 13.3. The van der Waals surface area contributed by atoms with Gasteiger partial charge in [-0.3, -0.25) is 0 Å². The molecule has 0 radical (unpaired) electrons. The zero-order chi connectivity index (χ0) is 15.3. The highest BCUT2D eigenvalue weighted by atomic mass is 35.5. The maximum Gasteiger partial charge on any atom is 0.494 e. The summed E-state index contributed by atoms with van der Waals surface area (Å²) in [6.45, 7) is 8.56. The first-order valence-electron chi connectivity index (χ1n) is 6.47. The Morgan fingerprint density at radius 3 is 2.00 bits per heavy atom. The van der Waals surface area contributed by atoms with Gasteiger partial charge in [0.05, 0.1) is 11.2 Å². The third-order valence-corrected chi connectivity index (χ3v) is 4.30. The van der Waals surface area contributed by atoms with Crippen LogP contribution in [0.5, 0.6) is 0 Å². The molecule has 1 aromatic carbocycles. The molecule has 1 saturated heterocycles. The molecule has 1 aliphatic heterocycles. The summed E-state index contributed by atoms with van der Waals surface area (Å²) >= 11 is 5.94. The average Bonchev–Trinajstić information content (AvgIpc) is 2.46. The minimum Gasteiger partial charge on any atom is -0.399 e. The van der Waals surface area contributed by atoms with E-state index in [1.807, 2.05) is 27.7 Å². The topological polar surface area (TPSA) is 18.5 Å². The van der Waals surface area contributed by atoms with E-state index >= 15 is 0 Å². The summed E-state index contributed by atoms with van der Waals surface area (Å²) < 4.78 is 38.4. The zero-order valence-electron chi connectivity index (χ0n) is 12.3. The minimum absolute atomic E-state index is 0.0183. The Hall–Kier alpha value is -0.645. The van der Waals surface area contributed by atoms with Crippen molar-refractivity contribution in [2.45, 2.75) is 51.7 Å². The van der Waals surface area contributed by atoms with Gasteiger partial charge in [-0.2, -0.15) is 0 Å². The van der Waals surface area contributed by atoms with E-state index in [0.29, 0.717) is 5.46 Å². The fourth-order valence-corrected chi connectivity index (χ4v) is 2.37. The number of hydrogen-bond donors (Lipinski definition) is 0. The van der Waals surface area contributed by atoms with Gasteiger partial charge in [-0.25, -0.2) is 8.78 Å². The molecule has 2 nitrogen and oxygen atoms in total. The molecular weight excluding hydrogens is 284 g/mol. The lowest BCUT2D eigenvalue weighted by Gasteiger charge is -2.32. The lowest BCUT2D eigenvalue weighted by molar-refractivity contribution is 0.00578. The molecule has 0 amide bonds. The molecule has 0 atom stereocenters. The third kappa shape index (κ3) is 2.71. The standard InChI is InChI=1S/C14H18BClF2O2/c1-12(2)13(3,4)20-15(19-12)9-6-7-10(11(16)8-9)14(5,17)18/h6-8H,1-5H3. The summed E-state index contributed by atoms with van der Waals surface area (Å²) in [5.41, 5.74) is -0.504. The van der Waals surface area contributed by atoms with Crippen LogP contribution in [0.1, 0.15) is 40.2 Å². The van der Waals surface area contributed by atoms with E-state index in [0.717, 1.165) is 6.92 Å². The predicted molar refractivity (Wildman–Crippen MR) is 76.7 cm³/mol. The Morgan fingerprint density at radius 1 is 1.10 bits per heavy atom. The average molecular weight is 303 g/mol. The SMILES string of the molecule is CC(F)(F)c1ccc(B2OC(C)(C)C(C)(C)O2)cc1Cl. The summed E-state index contributed by atoms with van der Waals surface area (Å²) in [7, 11) is -0.600. The number of alkyl halides is 2. The van der Waals surface area contributed by atoms with Gasteiger partial charge in [-0.05, 0) is 39.2 Å². The molecule has 1 aromatic rings.